The van der Waals surface area contributed by atoms with Gasteiger partial charge in [-0.25, -0.2) is 4.79 Å². The second-order valence-electron chi connectivity index (χ2n) is 4.09. The lowest BCUT2D eigenvalue weighted by molar-refractivity contribution is 0.138. The van der Waals surface area contributed by atoms with Gasteiger partial charge in [0.05, 0.1) is 14.2 Å². The molecule has 1 amide bonds. The molecule has 1 aliphatic heterocycles. The molecule has 0 spiro atoms. The number of benzene rings is 1. The first-order valence-electron chi connectivity index (χ1n) is 5.53. The molecule has 0 aliphatic carbocycles. The van der Waals surface area contributed by atoms with Gasteiger partial charge >= 0.3 is 6.09 Å². The molecule has 96 valence electrons. The fourth-order valence-electron chi connectivity index (χ4n) is 1.82. The highest BCUT2D eigenvalue weighted by molar-refractivity contribution is 5.70. The van der Waals surface area contributed by atoms with Gasteiger partial charge in [0.15, 0.2) is 0 Å². The summed E-state index contributed by atoms with van der Waals surface area (Å²) in [6.07, 6.45) is 1.08. The molecule has 0 unspecified atom stereocenters. The van der Waals surface area contributed by atoms with Crippen molar-refractivity contribution in [2.24, 2.45) is 0 Å². The minimum atomic E-state index is -0.879. The Balaban J connectivity index is 2.15. The van der Waals surface area contributed by atoms with E-state index in [1.54, 1.807) is 20.3 Å². The molecule has 0 saturated carbocycles. The van der Waals surface area contributed by atoms with Crippen molar-refractivity contribution in [3.8, 4) is 11.5 Å². The number of rotatable bonds is 3. The average Bonchev–Trinajstić information content (AvgIpc) is 2.32. The Morgan fingerprint density at radius 3 is 2.22 bits per heavy atom. The number of nitrogens with zero attached hydrogens (tertiary/aromatic N) is 1. The van der Waals surface area contributed by atoms with Crippen molar-refractivity contribution < 1.29 is 19.4 Å². The predicted molar refractivity (Wildman–Crippen MR) is 67.1 cm³/mol. The van der Waals surface area contributed by atoms with Gasteiger partial charge in [0.2, 0.25) is 0 Å². The Labute approximate surface area is 105 Å². The molecule has 1 fully saturated rings. The second kappa shape index (κ2) is 5.00. The van der Waals surface area contributed by atoms with Crippen LogP contribution in [-0.2, 0) is 0 Å². The number of hydrogen-bond acceptors (Lipinski definition) is 3. The quantitative estimate of drug-likeness (QED) is 0.891. The van der Waals surface area contributed by atoms with E-state index in [2.05, 4.69) is 0 Å². The fraction of sp³-hybridized carbons (Fsp3) is 0.308. The Morgan fingerprint density at radius 2 is 1.78 bits per heavy atom. The van der Waals surface area contributed by atoms with Gasteiger partial charge in [-0.1, -0.05) is 6.08 Å². The second-order valence-corrected chi connectivity index (χ2v) is 4.09. The van der Waals surface area contributed by atoms with Crippen LogP contribution in [0.3, 0.4) is 0 Å². The van der Waals surface area contributed by atoms with E-state index in [1.165, 1.54) is 4.90 Å². The van der Waals surface area contributed by atoms with Crippen LogP contribution >= 0.6 is 0 Å². The number of ether oxygens (including phenoxy) is 2. The summed E-state index contributed by atoms with van der Waals surface area (Å²) in [5.74, 6) is 1.44. The van der Waals surface area contributed by atoms with E-state index in [-0.39, 0.29) is 0 Å². The monoisotopic (exact) mass is 249 g/mol. The Bertz CT molecular complexity index is 466. The molecule has 1 saturated heterocycles. The molecule has 1 aromatic rings. The van der Waals surface area contributed by atoms with Gasteiger partial charge in [-0.05, 0) is 23.3 Å². The third-order valence-corrected chi connectivity index (χ3v) is 2.80. The molecule has 5 heteroatoms. The summed E-state index contributed by atoms with van der Waals surface area (Å²) in [7, 11) is 3.20. The molecular formula is C13H15NO4. The van der Waals surface area contributed by atoms with E-state index in [4.69, 9.17) is 14.6 Å². The lowest BCUT2D eigenvalue weighted by atomic mass is 10.0. The largest absolute Gasteiger partial charge is 0.497 e. The van der Waals surface area contributed by atoms with Gasteiger partial charge in [0, 0.05) is 19.2 Å². The van der Waals surface area contributed by atoms with E-state index in [9.17, 15) is 4.79 Å². The molecule has 0 atom stereocenters. The van der Waals surface area contributed by atoms with Crippen LogP contribution in [0.2, 0.25) is 0 Å². The van der Waals surface area contributed by atoms with Gasteiger partial charge in [-0.15, -0.1) is 0 Å². The van der Waals surface area contributed by atoms with Crippen molar-refractivity contribution in [2.45, 2.75) is 0 Å². The minimum Gasteiger partial charge on any atom is -0.497 e. The molecule has 1 heterocycles. The van der Waals surface area contributed by atoms with Gasteiger partial charge < -0.3 is 19.5 Å². The van der Waals surface area contributed by atoms with Crippen LogP contribution in [0.25, 0.3) is 6.08 Å². The van der Waals surface area contributed by atoms with Gasteiger partial charge in [-0.2, -0.15) is 0 Å². The maximum Gasteiger partial charge on any atom is 0.407 e. The van der Waals surface area contributed by atoms with E-state index >= 15 is 0 Å². The highest BCUT2D eigenvalue weighted by atomic mass is 16.5. The summed E-state index contributed by atoms with van der Waals surface area (Å²) < 4.78 is 10.4. The Kier molecular flexibility index (Phi) is 3.41. The molecule has 18 heavy (non-hydrogen) atoms. The Morgan fingerprint density at radius 1 is 1.22 bits per heavy atom. The summed E-state index contributed by atoms with van der Waals surface area (Å²) >= 11 is 0. The van der Waals surface area contributed by atoms with E-state index < -0.39 is 6.09 Å². The fourth-order valence-corrected chi connectivity index (χ4v) is 1.82. The molecule has 1 aliphatic rings. The molecule has 1 N–H and O–H groups in total. The van der Waals surface area contributed by atoms with Crippen LogP contribution in [0.15, 0.2) is 23.8 Å². The lowest BCUT2D eigenvalue weighted by Crippen LogP contribution is -2.43. The van der Waals surface area contributed by atoms with Crippen LogP contribution in [-0.4, -0.2) is 43.4 Å². The number of amides is 1. The molecule has 0 aromatic heterocycles. The van der Waals surface area contributed by atoms with Crippen LogP contribution < -0.4 is 9.47 Å². The zero-order chi connectivity index (χ0) is 13.1. The van der Waals surface area contributed by atoms with Crippen molar-refractivity contribution in [3.05, 3.63) is 29.3 Å². The number of likely N-dealkylation sites (tertiary alicyclic amines) is 1. The number of carbonyl (C=O) groups is 1. The zero-order valence-electron chi connectivity index (χ0n) is 10.3. The third kappa shape index (κ3) is 2.56. The molecular weight excluding hydrogens is 234 g/mol. The van der Waals surface area contributed by atoms with Crippen molar-refractivity contribution in [2.75, 3.05) is 27.3 Å². The standard InChI is InChI=1S/C13H15NO4/c1-17-11-4-9(5-12(6-11)18-2)3-10-7-14(8-10)13(15)16/h3-6H,7-8H2,1-2H3,(H,15,16). The molecule has 5 nitrogen and oxygen atoms in total. The van der Waals surface area contributed by atoms with Crippen LogP contribution in [0.5, 0.6) is 11.5 Å². The van der Waals surface area contributed by atoms with Crippen LogP contribution in [0, 0.1) is 0 Å². The zero-order valence-corrected chi connectivity index (χ0v) is 10.3. The topological polar surface area (TPSA) is 59.0 Å². The summed E-state index contributed by atoms with van der Waals surface area (Å²) in [6.45, 7) is 0.934. The molecule has 0 bridgehead atoms. The highest BCUT2D eigenvalue weighted by Gasteiger charge is 2.24. The van der Waals surface area contributed by atoms with E-state index in [0.29, 0.717) is 13.1 Å². The van der Waals surface area contributed by atoms with Crippen molar-refractivity contribution in [1.29, 1.82) is 0 Å². The predicted octanol–water partition coefficient (Wildman–Crippen LogP) is 2.08. The minimum absolute atomic E-state index is 0.467. The van der Waals surface area contributed by atoms with Gasteiger partial charge in [0.25, 0.3) is 0 Å². The molecule has 0 radical (unpaired) electrons. The number of methoxy groups -OCH3 is 2. The Hall–Kier alpha value is -2.17. The summed E-state index contributed by atoms with van der Waals surface area (Å²) in [4.78, 5) is 12.0. The normalized spacial score (nSPS) is 13.9. The van der Waals surface area contributed by atoms with Crippen LogP contribution in [0.1, 0.15) is 5.56 Å². The van der Waals surface area contributed by atoms with Gasteiger partial charge in [-0.3, -0.25) is 0 Å². The maximum absolute atomic E-state index is 10.6. The van der Waals surface area contributed by atoms with E-state index in [1.807, 2.05) is 18.2 Å². The summed E-state index contributed by atoms with van der Waals surface area (Å²) in [6, 6.07) is 5.57. The van der Waals surface area contributed by atoms with Crippen molar-refractivity contribution in [3.63, 3.8) is 0 Å². The van der Waals surface area contributed by atoms with Crippen LogP contribution in [0.4, 0.5) is 4.79 Å². The highest BCUT2D eigenvalue weighted by Crippen LogP contribution is 2.25. The van der Waals surface area contributed by atoms with E-state index in [0.717, 1.165) is 22.6 Å². The number of carboxylic acid groups (broad SMARTS) is 1. The van der Waals surface area contributed by atoms with Gasteiger partial charge in [0.1, 0.15) is 11.5 Å². The third-order valence-electron chi connectivity index (χ3n) is 2.80. The summed E-state index contributed by atoms with van der Waals surface area (Å²) in [5.41, 5.74) is 2.03. The first kappa shape index (κ1) is 12.3. The first-order chi connectivity index (χ1) is 8.62. The molecule has 2 rings (SSSR count). The smallest absolute Gasteiger partial charge is 0.407 e. The number of hydrogen-bond donors (Lipinski definition) is 1. The molecule has 1 aromatic carbocycles. The maximum atomic E-state index is 10.6. The lowest BCUT2D eigenvalue weighted by Gasteiger charge is -2.31. The SMILES string of the molecule is COc1cc(C=C2CN(C(=O)O)C2)cc(OC)c1. The van der Waals surface area contributed by atoms with Crippen molar-refractivity contribution >= 4 is 12.2 Å². The first-order valence-corrected chi connectivity index (χ1v) is 5.53. The summed E-state index contributed by atoms with van der Waals surface area (Å²) in [5, 5.41) is 8.74. The van der Waals surface area contributed by atoms with Crippen molar-refractivity contribution in [1.82, 2.24) is 4.90 Å². The average molecular weight is 249 g/mol.